The van der Waals surface area contributed by atoms with Gasteiger partial charge in [-0.3, -0.25) is 15.1 Å². The van der Waals surface area contributed by atoms with Crippen molar-refractivity contribution in [3.05, 3.63) is 84.2 Å². The average Bonchev–Trinajstić information content (AvgIpc) is 3.12. The van der Waals surface area contributed by atoms with Gasteiger partial charge in [-0.1, -0.05) is 23.8 Å². The van der Waals surface area contributed by atoms with Crippen LogP contribution in [0.15, 0.2) is 78.0 Å². The molecule has 4 rings (SSSR count). The second kappa shape index (κ2) is 9.39. The third-order valence-electron chi connectivity index (χ3n) is 5.04. The Morgan fingerprint density at radius 3 is 2.24 bits per heavy atom. The van der Waals surface area contributed by atoms with Gasteiger partial charge in [-0.15, -0.1) is 0 Å². The Morgan fingerprint density at radius 1 is 1.00 bits per heavy atom. The highest BCUT2D eigenvalue weighted by Gasteiger charge is 2.35. The fourth-order valence-corrected chi connectivity index (χ4v) is 4.75. The first-order valence-corrected chi connectivity index (χ1v) is 11.6. The molecule has 1 saturated heterocycles. The van der Waals surface area contributed by atoms with Gasteiger partial charge >= 0.3 is 6.03 Å². The van der Waals surface area contributed by atoms with E-state index < -0.39 is 28.0 Å². The van der Waals surface area contributed by atoms with Gasteiger partial charge in [0.2, 0.25) is 10.0 Å². The van der Waals surface area contributed by atoms with Crippen LogP contribution in [0.25, 0.3) is 0 Å². The smallest absolute Gasteiger partial charge is 0.322 e. The minimum absolute atomic E-state index is 0.0164. The maximum Gasteiger partial charge on any atom is 0.322 e. The molecule has 0 bridgehead atoms. The lowest BCUT2D eigenvalue weighted by Crippen LogP contribution is -2.44. The van der Waals surface area contributed by atoms with Crippen LogP contribution in [0.1, 0.15) is 11.1 Å². The van der Waals surface area contributed by atoms with Crippen molar-refractivity contribution in [1.29, 1.82) is 0 Å². The van der Waals surface area contributed by atoms with Crippen molar-refractivity contribution < 1.29 is 22.7 Å². The number of nitrogens with zero attached hydrogens (tertiary/aromatic N) is 2. The maximum atomic E-state index is 13.4. The predicted molar refractivity (Wildman–Crippen MR) is 120 cm³/mol. The molecule has 0 radical (unpaired) electrons. The zero-order chi connectivity index (χ0) is 23.4. The Bertz CT molecular complexity index is 1250. The molecular weight excluding hydrogens is 444 g/mol. The van der Waals surface area contributed by atoms with Crippen molar-refractivity contribution >= 4 is 22.0 Å². The summed E-state index contributed by atoms with van der Waals surface area (Å²) < 4.78 is 33.8. The van der Waals surface area contributed by atoms with Gasteiger partial charge in [0.25, 0.3) is 5.91 Å². The Kier molecular flexibility index (Phi) is 6.38. The molecule has 1 fully saturated rings. The number of benzene rings is 2. The van der Waals surface area contributed by atoms with E-state index in [1.54, 1.807) is 36.7 Å². The van der Waals surface area contributed by atoms with E-state index in [0.717, 1.165) is 9.87 Å². The first kappa shape index (κ1) is 22.4. The van der Waals surface area contributed by atoms with Crippen LogP contribution in [-0.2, 0) is 21.4 Å². The van der Waals surface area contributed by atoms with Crippen LogP contribution in [0.3, 0.4) is 0 Å². The van der Waals surface area contributed by atoms with Crippen molar-refractivity contribution in [3.8, 4) is 11.5 Å². The number of urea groups is 1. The highest BCUT2D eigenvalue weighted by atomic mass is 32.2. The number of pyridine rings is 1. The molecule has 0 saturated carbocycles. The lowest BCUT2D eigenvalue weighted by molar-refractivity contribution is -0.120. The number of carbonyl (C=O) groups is 2. The second-order valence-corrected chi connectivity index (χ2v) is 9.50. The van der Waals surface area contributed by atoms with Gasteiger partial charge in [0, 0.05) is 25.5 Å². The Labute approximate surface area is 191 Å². The van der Waals surface area contributed by atoms with E-state index in [-0.39, 0.29) is 18.0 Å². The molecule has 1 aromatic heterocycles. The number of aryl methyl sites for hydroxylation is 1. The summed E-state index contributed by atoms with van der Waals surface area (Å²) in [4.78, 5) is 27.6. The number of hydrogen-bond acceptors (Lipinski definition) is 6. The molecule has 3 aromatic rings. The predicted octanol–water partition coefficient (Wildman–Crippen LogP) is 2.58. The molecule has 1 aliphatic rings. The van der Waals surface area contributed by atoms with Crippen molar-refractivity contribution in [2.75, 3.05) is 6.54 Å². The van der Waals surface area contributed by atoms with Crippen LogP contribution in [0, 0.1) is 6.92 Å². The van der Waals surface area contributed by atoms with Crippen molar-refractivity contribution in [2.24, 2.45) is 0 Å². The number of sulfonamides is 1. The molecule has 1 aliphatic heterocycles. The highest BCUT2D eigenvalue weighted by Crippen LogP contribution is 2.25. The number of hydrogen-bond donors (Lipinski definition) is 2. The van der Waals surface area contributed by atoms with Crippen LogP contribution in [0.5, 0.6) is 11.5 Å². The third kappa shape index (κ3) is 5.36. The van der Waals surface area contributed by atoms with E-state index in [1.165, 1.54) is 12.1 Å². The zero-order valence-electron chi connectivity index (χ0n) is 17.8. The lowest BCUT2D eigenvalue weighted by atomic mass is 10.2. The normalized spacial score (nSPS) is 15.9. The minimum Gasteiger partial charge on any atom is -0.457 e. The molecule has 2 heterocycles. The highest BCUT2D eigenvalue weighted by molar-refractivity contribution is 7.89. The molecule has 1 atom stereocenters. The maximum absolute atomic E-state index is 13.4. The number of aromatic nitrogens is 1. The minimum atomic E-state index is -4.00. The Balaban J connectivity index is 1.57. The molecule has 0 spiro atoms. The van der Waals surface area contributed by atoms with E-state index in [2.05, 4.69) is 15.6 Å². The SMILES string of the molecule is Cc1ccc(Oc2ccc(S(=O)(=O)N(Cc3cccnc3)C[C@@H]3NC(=O)NC3=O)cc2)cc1. The second-order valence-electron chi connectivity index (χ2n) is 7.56. The summed E-state index contributed by atoms with van der Waals surface area (Å²) in [7, 11) is -4.00. The van der Waals surface area contributed by atoms with E-state index in [9.17, 15) is 18.0 Å². The summed E-state index contributed by atoms with van der Waals surface area (Å²) >= 11 is 0. The topological polar surface area (TPSA) is 118 Å². The van der Waals surface area contributed by atoms with Crippen LogP contribution in [-0.4, -0.2) is 42.2 Å². The standard InChI is InChI=1S/C23H22N4O5S/c1-16-4-6-18(7-5-16)32-19-8-10-20(11-9-19)33(30,31)27(14-17-3-2-12-24-13-17)15-21-22(28)26-23(29)25-21/h2-13,21H,14-15H2,1H3,(H2,25,26,28,29)/t21-/m0/s1. The van der Waals surface area contributed by atoms with Gasteiger partial charge in [-0.2, -0.15) is 4.31 Å². The van der Waals surface area contributed by atoms with E-state index >= 15 is 0 Å². The Morgan fingerprint density at radius 2 is 1.67 bits per heavy atom. The fourth-order valence-electron chi connectivity index (χ4n) is 3.31. The lowest BCUT2D eigenvalue weighted by Gasteiger charge is -2.24. The molecule has 2 aromatic carbocycles. The third-order valence-corrected chi connectivity index (χ3v) is 6.87. The van der Waals surface area contributed by atoms with Crippen LogP contribution in [0.4, 0.5) is 4.79 Å². The van der Waals surface area contributed by atoms with Gasteiger partial charge in [0.05, 0.1) is 4.90 Å². The van der Waals surface area contributed by atoms with E-state index in [0.29, 0.717) is 17.1 Å². The average molecular weight is 467 g/mol. The van der Waals surface area contributed by atoms with Crippen LogP contribution < -0.4 is 15.4 Å². The van der Waals surface area contributed by atoms with Crippen LogP contribution in [0.2, 0.25) is 0 Å². The molecule has 2 N–H and O–H groups in total. The summed E-state index contributed by atoms with van der Waals surface area (Å²) in [6.07, 6.45) is 3.13. The number of amides is 3. The van der Waals surface area contributed by atoms with Gasteiger partial charge < -0.3 is 10.1 Å². The number of carbonyl (C=O) groups excluding carboxylic acids is 2. The van der Waals surface area contributed by atoms with Gasteiger partial charge in [-0.25, -0.2) is 13.2 Å². The van der Waals surface area contributed by atoms with Crippen molar-refractivity contribution in [3.63, 3.8) is 0 Å². The molecular formula is C23H22N4O5S. The largest absolute Gasteiger partial charge is 0.457 e. The summed E-state index contributed by atoms with van der Waals surface area (Å²) in [5, 5.41) is 4.56. The van der Waals surface area contributed by atoms with Gasteiger partial charge in [-0.05, 0) is 55.0 Å². The number of imide groups is 1. The molecule has 170 valence electrons. The first-order valence-electron chi connectivity index (χ1n) is 10.2. The molecule has 0 unspecified atom stereocenters. The molecule has 33 heavy (non-hydrogen) atoms. The summed E-state index contributed by atoms with van der Waals surface area (Å²) in [6, 6.07) is 15.3. The van der Waals surface area contributed by atoms with Gasteiger partial charge in [0.1, 0.15) is 17.5 Å². The zero-order valence-corrected chi connectivity index (χ0v) is 18.6. The summed E-state index contributed by atoms with van der Waals surface area (Å²) in [5.41, 5.74) is 1.75. The van der Waals surface area contributed by atoms with Crippen LogP contribution >= 0.6 is 0 Å². The summed E-state index contributed by atoms with van der Waals surface area (Å²) in [6.45, 7) is 1.73. The Hall–Kier alpha value is -3.76. The van der Waals surface area contributed by atoms with Crippen molar-refractivity contribution in [1.82, 2.24) is 19.9 Å². The van der Waals surface area contributed by atoms with Crippen molar-refractivity contribution in [2.45, 2.75) is 24.4 Å². The van der Waals surface area contributed by atoms with Gasteiger partial charge in [0.15, 0.2) is 0 Å². The van der Waals surface area contributed by atoms with E-state index in [1.807, 2.05) is 31.2 Å². The number of nitrogens with one attached hydrogen (secondary N) is 2. The monoisotopic (exact) mass is 466 g/mol. The molecule has 0 aliphatic carbocycles. The number of ether oxygens (including phenoxy) is 1. The summed E-state index contributed by atoms with van der Waals surface area (Å²) in [5.74, 6) is 0.546. The number of rotatable bonds is 8. The quantitative estimate of drug-likeness (QED) is 0.493. The fraction of sp³-hybridized carbons (Fsp3) is 0.174. The molecule has 9 nitrogen and oxygen atoms in total. The molecule has 10 heteroatoms. The molecule has 3 amide bonds. The van der Waals surface area contributed by atoms with E-state index in [4.69, 9.17) is 4.74 Å². The first-order chi connectivity index (χ1) is 15.8.